The van der Waals surface area contributed by atoms with Gasteiger partial charge in [0.1, 0.15) is 5.75 Å². The van der Waals surface area contributed by atoms with Crippen molar-refractivity contribution in [1.82, 2.24) is 0 Å². The number of fused-ring (bicyclic) bond motifs is 2. The smallest absolute Gasteiger partial charge is 0.228 e. The van der Waals surface area contributed by atoms with Crippen molar-refractivity contribution in [2.45, 2.75) is 6.42 Å². The molecule has 4 aromatic carbocycles. The molecule has 0 aromatic heterocycles. The summed E-state index contributed by atoms with van der Waals surface area (Å²) in [6.45, 7) is 0. The van der Waals surface area contributed by atoms with Crippen molar-refractivity contribution in [3.05, 3.63) is 84.4 Å². The highest BCUT2D eigenvalue weighted by molar-refractivity contribution is 6.06. The molecule has 3 nitrogen and oxygen atoms in total. The minimum Gasteiger partial charge on any atom is -0.495 e. The predicted molar refractivity (Wildman–Crippen MR) is 107 cm³/mol. The molecule has 128 valence electrons. The van der Waals surface area contributed by atoms with Gasteiger partial charge in [-0.3, -0.25) is 4.79 Å². The van der Waals surface area contributed by atoms with E-state index in [0.717, 1.165) is 27.1 Å². The number of hydrogen-bond donors (Lipinski definition) is 1. The normalized spacial score (nSPS) is 10.8. The van der Waals surface area contributed by atoms with E-state index in [1.54, 1.807) is 7.11 Å². The number of rotatable bonds is 4. The van der Waals surface area contributed by atoms with E-state index in [1.165, 1.54) is 0 Å². The minimum atomic E-state index is -0.0593. The SMILES string of the molecule is COc1ccccc1NC(=O)Cc1c2ccccc2cc2ccccc12. The van der Waals surface area contributed by atoms with Crippen molar-refractivity contribution in [2.75, 3.05) is 12.4 Å². The molecule has 0 aliphatic carbocycles. The fourth-order valence-corrected chi connectivity index (χ4v) is 3.40. The number of carbonyl (C=O) groups is 1. The van der Waals surface area contributed by atoms with Gasteiger partial charge in [0.15, 0.2) is 0 Å². The molecule has 0 atom stereocenters. The molecule has 26 heavy (non-hydrogen) atoms. The monoisotopic (exact) mass is 341 g/mol. The van der Waals surface area contributed by atoms with Crippen LogP contribution in [-0.4, -0.2) is 13.0 Å². The first kappa shape index (κ1) is 16.2. The topological polar surface area (TPSA) is 38.3 Å². The molecule has 0 aliphatic heterocycles. The molecular weight excluding hydrogens is 322 g/mol. The van der Waals surface area contributed by atoms with Crippen molar-refractivity contribution in [2.24, 2.45) is 0 Å². The zero-order valence-electron chi connectivity index (χ0n) is 14.5. The maximum Gasteiger partial charge on any atom is 0.228 e. The number of para-hydroxylation sites is 2. The van der Waals surface area contributed by atoms with E-state index in [1.807, 2.05) is 48.5 Å². The van der Waals surface area contributed by atoms with Gasteiger partial charge in [0.2, 0.25) is 5.91 Å². The molecular formula is C23H19NO2. The average molecular weight is 341 g/mol. The molecule has 0 saturated heterocycles. The third-order valence-electron chi connectivity index (χ3n) is 4.60. The van der Waals surface area contributed by atoms with Gasteiger partial charge in [0, 0.05) is 0 Å². The number of ether oxygens (including phenoxy) is 1. The van der Waals surface area contributed by atoms with Crippen LogP contribution in [-0.2, 0) is 11.2 Å². The van der Waals surface area contributed by atoms with Crippen LogP contribution >= 0.6 is 0 Å². The van der Waals surface area contributed by atoms with E-state index in [9.17, 15) is 4.79 Å². The van der Waals surface area contributed by atoms with Gasteiger partial charge >= 0.3 is 0 Å². The molecule has 3 heteroatoms. The van der Waals surface area contributed by atoms with Crippen molar-refractivity contribution >= 4 is 33.1 Å². The Balaban J connectivity index is 1.74. The van der Waals surface area contributed by atoms with Crippen molar-refractivity contribution in [3.8, 4) is 5.75 Å². The summed E-state index contributed by atoms with van der Waals surface area (Å²) in [5, 5.41) is 7.49. The lowest BCUT2D eigenvalue weighted by Gasteiger charge is -2.13. The Morgan fingerprint density at radius 2 is 1.42 bits per heavy atom. The van der Waals surface area contributed by atoms with Crippen LogP contribution in [0.3, 0.4) is 0 Å². The van der Waals surface area contributed by atoms with E-state index in [0.29, 0.717) is 17.9 Å². The first-order valence-corrected chi connectivity index (χ1v) is 8.58. The fourth-order valence-electron chi connectivity index (χ4n) is 3.40. The summed E-state index contributed by atoms with van der Waals surface area (Å²) in [5.41, 5.74) is 1.73. The molecule has 1 N–H and O–H groups in total. The van der Waals surface area contributed by atoms with Crippen LogP contribution in [0.5, 0.6) is 5.75 Å². The second kappa shape index (κ2) is 6.89. The van der Waals surface area contributed by atoms with Crippen LogP contribution in [0.25, 0.3) is 21.5 Å². The molecule has 4 aromatic rings. The number of methoxy groups -OCH3 is 1. The summed E-state index contributed by atoms with van der Waals surface area (Å²) in [7, 11) is 1.60. The van der Waals surface area contributed by atoms with Gasteiger partial charge in [-0.15, -0.1) is 0 Å². The van der Waals surface area contributed by atoms with Crippen molar-refractivity contribution < 1.29 is 9.53 Å². The highest BCUT2D eigenvalue weighted by atomic mass is 16.5. The summed E-state index contributed by atoms with van der Waals surface area (Å²) in [4.78, 5) is 12.8. The number of amides is 1. The zero-order chi connectivity index (χ0) is 17.9. The Morgan fingerprint density at radius 1 is 0.846 bits per heavy atom. The number of hydrogen-bond acceptors (Lipinski definition) is 2. The lowest BCUT2D eigenvalue weighted by molar-refractivity contribution is -0.115. The van der Waals surface area contributed by atoms with Crippen molar-refractivity contribution in [1.29, 1.82) is 0 Å². The Kier molecular flexibility index (Phi) is 4.28. The molecule has 1 amide bonds. The fraction of sp³-hybridized carbons (Fsp3) is 0.0870. The molecule has 0 heterocycles. The lowest BCUT2D eigenvalue weighted by Crippen LogP contribution is -2.15. The molecule has 0 spiro atoms. The van der Waals surface area contributed by atoms with Gasteiger partial charge in [-0.05, 0) is 45.3 Å². The molecule has 0 bridgehead atoms. The Labute approximate surface area is 152 Å². The van der Waals surface area contributed by atoms with Crippen LogP contribution in [0.15, 0.2) is 78.9 Å². The number of anilines is 1. The van der Waals surface area contributed by atoms with Gasteiger partial charge in [-0.1, -0.05) is 60.7 Å². The molecule has 4 rings (SSSR count). The summed E-state index contributed by atoms with van der Waals surface area (Å²) < 4.78 is 5.32. The van der Waals surface area contributed by atoms with Crippen LogP contribution in [0.2, 0.25) is 0 Å². The standard InChI is InChI=1S/C23H19NO2/c1-26-22-13-7-6-12-21(22)24-23(25)15-20-18-10-4-2-8-16(18)14-17-9-3-5-11-19(17)20/h2-14H,15H2,1H3,(H,24,25). The first-order valence-electron chi connectivity index (χ1n) is 8.58. The minimum absolute atomic E-state index is 0.0593. The van der Waals surface area contributed by atoms with E-state index in [-0.39, 0.29) is 5.91 Å². The van der Waals surface area contributed by atoms with Crippen LogP contribution < -0.4 is 10.1 Å². The van der Waals surface area contributed by atoms with Gasteiger partial charge in [-0.25, -0.2) is 0 Å². The summed E-state index contributed by atoms with van der Waals surface area (Å²) in [6.07, 6.45) is 0.305. The summed E-state index contributed by atoms with van der Waals surface area (Å²) in [5.74, 6) is 0.597. The maximum atomic E-state index is 12.8. The molecule has 0 fully saturated rings. The highest BCUT2D eigenvalue weighted by Gasteiger charge is 2.13. The van der Waals surface area contributed by atoms with Crippen LogP contribution in [0.1, 0.15) is 5.56 Å². The molecule has 0 saturated carbocycles. The van der Waals surface area contributed by atoms with Gasteiger partial charge in [0.25, 0.3) is 0 Å². The second-order valence-electron chi connectivity index (χ2n) is 6.22. The number of nitrogens with one attached hydrogen (secondary N) is 1. The quantitative estimate of drug-likeness (QED) is 0.519. The number of benzene rings is 4. The summed E-state index contributed by atoms with van der Waals surface area (Å²) in [6, 6.07) is 26.0. The third-order valence-corrected chi connectivity index (χ3v) is 4.60. The Hall–Kier alpha value is -3.33. The average Bonchev–Trinajstić information content (AvgIpc) is 2.68. The van der Waals surface area contributed by atoms with Gasteiger partial charge in [0.05, 0.1) is 19.2 Å². The Morgan fingerprint density at radius 3 is 2.08 bits per heavy atom. The van der Waals surface area contributed by atoms with E-state index in [2.05, 4.69) is 35.6 Å². The molecule has 0 aliphatic rings. The van der Waals surface area contributed by atoms with Crippen LogP contribution in [0, 0.1) is 0 Å². The highest BCUT2D eigenvalue weighted by Crippen LogP contribution is 2.29. The number of carbonyl (C=O) groups excluding carboxylic acids is 1. The van der Waals surface area contributed by atoms with Gasteiger partial charge < -0.3 is 10.1 Å². The third kappa shape index (κ3) is 3.00. The van der Waals surface area contributed by atoms with Gasteiger partial charge in [-0.2, -0.15) is 0 Å². The van der Waals surface area contributed by atoms with Crippen LogP contribution in [0.4, 0.5) is 5.69 Å². The second-order valence-corrected chi connectivity index (χ2v) is 6.22. The van der Waals surface area contributed by atoms with E-state index in [4.69, 9.17) is 4.74 Å². The molecule has 0 unspecified atom stereocenters. The maximum absolute atomic E-state index is 12.8. The largest absolute Gasteiger partial charge is 0.495 e. The van der Waals surface area contributed by atoms with E-state index < -0.39 is 0 Å². The first-order chi connectivity index (χ1) is 12.8. The lowest BCUT2D eigenvalue weighted by atomic mass is 9.94. The molecule has 0 radical (unpaired) electrons. The Bertz CT molecular complexity index is 1050. The van der Waals surface area contributed by atoms with E-state index >= 15 is 0 Å². The van der Waals surface area contributed by atoms with Crippen molar-refractivity contribution in [3.63, 3.8) is 0 Å². The zero-order valence-corrected chi connectivity index (χ0v) is 14.5. The summed E-state index contributed by atoms with van der Waals surface area (Å²) >= 11 is 0. The predicted octanol–water partition coefficient (Wildman–Crippen LogP) is 5.18.